The summed E-state index contributed by atoms with van der Waals surface area (Å²) in [5.41, 5.74) is 5.80. The third kappa shape index (κ3) is 8.18. The lowest BCUT2D eigenvalue weighted by Crippen LogP contribution is -2.59. The van der Waals surface area contributed by atoms with Crippen LogP contribution in [0.25, 0.3) is 0 Å². The van der Waals surface area contributed by atoms with Crippen LogP contribution in [0.4, 0.5) is 0 Å². The average Bonchev–Trinajstić information content (AvgIpc) is 2.75. The topological polar surface area (TPSA) is 232 Å². The van der Waals surface area contributed by atoms with Crippen molar-refractivity contribution in [3.05, 3.63) is 29.8 Å². The smallest absolute Gasteiger partial charge is 0.326 e. The molecule has 0 aliphatic rings. The van der Waals surface area contributed by atoms with Crippen LogP contribution in [0.1, 0.15) is 5.56 Å². The summed E-state index contributed by atoms with van der Waals surface area (Å²) in [5.74, 6) is -4.38. The molecule has 1 rings (SSSR count). The summed E-state index contributed by atoms with van der Waals surface area (Å²) in [4.78, 5) is 47.7. The Morgan fingerprint density at radius 1 is 0.774 bits per heavy atom. The number of aliphatic carboxylic acids is 1. The van der Waals surface area contributed by atoms with Gasteiger partial charge in [-0.1, -0.05) is 12.1 Å². The first kappa shape index (κ1) is 25.8. The number of aromatic hydroxyl groups is 1. The first-order valence-corrected chi connectivity index (χ1v) is 9.12. The van der Waals surface area contributed by atoms with Gasteiger partial charge >= 0.3 is 5.97 Å². The van der Waals surface area contributed by atoms with Crippen molar-refractivity contribution in [1.82, 2.24) is 16.0 Å². The minimum atomic E-state index is -1.58. The summed E-state index contributed by atoms with van der Waals surface area (Å²) >= 11 is 0. The standard InChI is InChI=1S/C18H26N4O9/c19-11(6-23)15(27)21-13(7-24)17(29)22-14(8-25)16(28)20-12(18(30)31)5-9-1-3-10(26)4-2-9/h1-4,11-14,23-26H,5-8,19H2,(H,20,28)(H,21,27)(H,22,29)(H,30,31). The zero-order chi connectivity index (χ0) is 23.6. The van der Waals surface area contributed by atoms with E-state index in [0.717, 1.165) is 0 Å². The molecule has 0 radical (unpaired) electrons. The average molecular weight is 442 g/mol. The van der Waals surface area contributed by atoms with Crippen LogP contribution in [0.3, 0.4) is 0 Å². The molecular weight excluding hydrogens is 416 g/mol. The molecule has 31 heavy (non-hydrogen) atoms. The van der Waals surface area contributed by atoms with Gasteiger partial charge in [0.1, 0.15) is 29.9 Å². The predicted octanol–water partition coefficient (Wildman–Crippen LogP) is -4.22. The molecule has 0 saturated heterocycles. The van der Waals surface area contributed by atoms with Crippen LogP contribution < -0.4 is 21.7 Å². The SMILES string of the molecule is NC(CO)C(=O)NC(CO)C(=O)NC(CO)C(=O)NC(Cc1ccc(O)cc1)C(=O)O. The van der Waals surface area contributed by atoms with E-state index < -0.39 is 67.7 Å². The lowest BCUT2D eigenvalue weighted by atomic mass is 10.1. The zero-order valence-corrected chi connectivity index (χ0v) is 16.4. The molecule has 0 saturated carbocycles. The molecule has 0 bridgehead atoms. The fraction of sp³-hybridized carbons (Fsp3) is 0.444. The number of rotatable bonds is 12. The summed E-state index contributed by atoms with van der Waals surface area (Å²) in [5, 5.41) is 52.5. The van der Waals surface area contributed by atoms with E-state index in [-0.39, 0.29) is 12.2 Å². The van der Waals surface area contributed by atoms with Gasteiger partial charge in [0.2, 0.25) is 17.7 Å². The van der Waals surface area contributed by atoms with E-state index in [1.165, 1.54) is 24.3 Å². The number of phenolic OH excluding ortho intramolecular Hbond substituents is 1. The number of nitrogens with one attached hydrogen (secondary N) is 3. The largest absolute Gasteiger partial charge is 0.508 e. The Morgan fingerprint density at radius 2 is 1.23 bits per heavy atom. The van der Waals surface area contributed by atoms with Gasteiger partial charge in [0, 0.05) is 6.42 Å². The van der Waals surface area contributed by atoms with Crippen molar-refractivity contribution in [2.24, 2.45) is 5.73 Å². The number of hydrogen-bond donors (Lipinski definition) is 9. The number of phenols is 1. The predicted molar refractivity (Wildman–Crippen MR) is 104 cm³/mol. The van der Waals surface area contributed by atoms with E-state index in [1.807, 2.05) is 0 Å². The maximum absolute atomic E-state index is 12.4. The molecule has 0 aliphatic carbocycles. The molecule has 13 nitrogen and oxygen atoms in total. The first-order valence-electron chi connectivity index (χ1n) is 9.12. The third-order valence-corrected chi connectivity index (χ3v) is 4.16. The van der Waals surface area contributed by atoms with Crippen LogP contribution >= 0.6 is 0 Å². The molecule has 0 aliphatic heterocycles. The van der Waals surface area contributed by atoms with Crippen LogP contribution in [-0.4, -0.2) is 93.2 Å². The highest BCUT2D eigenvalue weighted by Gasteiger charge is 2.29. The van der Waals surface area contributed by atoms with Crippen LogP contribution in [0.15, 0.2) is 24.3 Å². The Kier molecular flexibility index (Phi) is 10.3. The fourth-order valence-corrected chi connectivity index (χ4v) is 2.36. The van der Waals surface area contributed by atoms with Gasteiger partial charge in [0.25, 0.3) is 0 Å². The van der Waals surface area contributed by atoms with Gasteiger partial charge in [-0.05, 0) is 17.7 Å². The molecule has 13 heteroatoms. The molecular formula is C18H26N4O9. The number of carboxylic acid groups (broad SMARTS) is 1. The number of aliphatic hydroxyl groups excluding tert-OH is 3. The zero-order valence-electron chi connectivity index (χ0n) is 16.4. The number of benzene rings is 1. The fourth-order valence-electron chi connectivity index (χ4n) is 2.36. The van der Waals surface area contributed by atoms with Crippen molar-refractivity contribution >= 4 is 23.7 Å². The molecule has 0 aromatic heterocycles. The summed E-state index contributed by atoms with van der Waals surface area (Å²) in [6.45, 7) is -2.47. The maximum atomic E-state index is 12.4. The molecule has 1 aromatic rings. The lowest BCUT2D eigenvalue weighted by Gasteiger charge is -2.23. The Balaban J connectivity index is 2.78. The van der Waals surface area contributed by atoms with Gasteiger partial charge in [0.15, 0.2) is 0 Å². The minimum absolute atomic E-state index is 0.0202. The Labute approximate surface area is 176 Å². The normalized spacial score (nSPS) is 14.6. The number of carbonyl (C=O) groups excluding carboxylic acids is 3. The maximum Gasteiger partial charge on any atom is 0.326 e. The van der Waals surface area contributed by atoms with Gasteiger partial charge in [-0.25, -0.2) is 4.79 Å². The van der Waals surface area contributed by atoms with Crippen molar-refractivity contribution in [3.63, 3.8) is 0 Å². The van der Waals surface area contributed by atoms with Crippen molar-refractivity contribution < 1.29 is 44.7 Å². The molecule has 0 fully saturated rings. The molecule has 4 atom stereocenters. The Bertz CT molecular complexity index is 772. The highest BCUT2D eigenvalue weighted by atomic mass is 16.4. The van der Waals surface area contributed by atoms with Crippen LogP contribution in [0, 0.1) is 0 Å². The van der Waals surface area contributed by atoms with Gasteiger partial charge in [-0.3, -0.25) is 14.4 Å². The summed E-state index contributed by atoms with van der Waals surface area (Å²) in [6, 6.07) is -0.222. The monoisotopic (exact) mass is 442 g/mol. The summed E-state index contributed by atoms with van der Waals surface area (Å²) < 4.78 is 0. The quantitative estimate of drug-likeness (QED) is 0.151. The van der Waals surface area contributed by atoms with Gasteiger partial charge < -0.3 is 47.2 Å². The highest BCUT2D eigenvalue weighted by Crippen LogP contribution is 2.11. The van der Waals surface area contributed by atoms with Crippen molar-refractivity contribution in [3.8, 4) is 5.75 Å². The van der Waals surface area contributed by atoms with E-state index in [2.05, 4.69) is 16.0 Å². The molecule has 1 aromatic carbocycles. The summed E-state index contributed by atoms with van der Waals surface area (Å²) in [6.07, 6.45) is -0.137. The molecule has 172 valence electrons. The van der Waals surface area contributed by atoms with Crippen LogP contribution in [0.5, 0.6) is 5.75 Å². The van der Waals surface area contributed by atoms with Gasteiger partial charge in [0.05, 0.1) is 19.8 Å². The molecule has 4 unspecified atom stereocenters. The van der Waals surface area contributed by atoms with Crippen molar-refractivity contribution in [2.45, 2.75) is 30.6 Å². The van der Waals surface area contributed by atoms with Crippen LogP contribution in [-0.2, 0) is 25.6 Å². The second kappa shape index (κ2) is 12.4. The van der Waals surface area contributed by atoms with Crippen molar-refractivity contribution in [1.29, 1.82) is 0 Å². The number of hydrogen-bond acceptors (Lipinski definition) is 9. The van der Waals surface area contributed by atoms with Crippen LogP contribution in [0.2, 0.25) is 0 Å². The molecule has 0 spiro atoms. The number of nitrogens with two attached hydrogens (primary N) is 1. The van der Waals surface area contributed by atoms with Crippen molar-refractivity contribution in [2.75, 3.05) is 19.8 Å². The molecule has 3 amide bonds. The van der Waals surface area contributed by atoms with Gasteiger partial charge in [-0.15, -0.1) is 0 Å². The van der Waals surface area contributed by atoms with E-state index in [1.54, 1.807) is 0 Å². The number of carboxylic acids is 1. The lowest BCUT2D eigenvalue weighted by molar-refractivity contribution is -0.142. The van der Waals surface area contributed by atoms with E-state index in [0.29, 0.717) is 5.56 Å². The van der Waals surface area contributed by atoms with E-state index in [9.17, 15) is 39.6 Å². The first-order chi connectivity index (χ1) is 14.6. The Morgan fingerprint density at radius 3 is 1.65 bits per heavy atom. The number of carbonyl (C=O) groups is 4. The number of aliphatic hydroxyl groups is 3. The summed E-state index contributed by atoms with van der Waals surface area (Å²) in [7, 11) is 0. The number of amides is 3. The van der Waals surface area contributed by atoms with E-state index in [4.69, 9.17) is 10.8 Å². The minimum Gasteiger partial charge on any atom is -0.508 e. The Hall–Kier alpha value is -3.26. The molecule has 0 heterocycles. The van der Waals surface area contributed by atoms with Gasteiger partial charge in [-0.2, -0.15) is 0 Å². The van der Waals surface area contributed by atoms with E-state index >= 15 is 0 Å². The highest BCUT2D eigenvalue weighted by molar-refractivity contribution is 5.94. The molecule has 10 N–H and O–H groups in total. The second-order valence-electron chi connectivity index (χ2n) is 6.55. The third-order valence-electron chi connectivity index (χ3n) is 4.16. The second-order valence-corrected chi connectivity index (χ2v) is 6.55.